The highest BCUT2D eigenvalue weighted by molar-refractivity contribution is 6.74. The summed E-state index contributed by atoms with van der Waals surface area (Å²) in [4.78, 5) is 0. The second-order valence-electron chi connectivity index (χ2n) is 6.51. The average Bonchev–Trinajstić information content (AvgIpc) is 1.93. The Hall–Kier alpha value is 0.177. The molecule has 14 heavy (non-hydrogen) atoms. The molecule has 0 unspecified atom stereocenters. The zero-order valence-electron chi connectivity index (χ0n) is 10.7. The van der Waals surface area contributed by atoms with Crippen molar-refractivity contribution < 1.29 is 4.43 Å². The van der Waals surface area contributed by atoms with Gasteiger partial charge in [0.25, 0.3) is 0 Å². The van der Waals surface area contributed by atoms with E-state index in [2.05, 4.69) is 40.8 Å². The van der Waals surface area contributed by atoms with Crippen molar-refractivity contribution in [3.8, 4) is 0 Å². The molecule has 1 nitrogen and oxygen atoms in total. The second-order valence-corrected chi connectivity index (χ2v) is 11.3. The van der Waals surface area contributed by atoms with Gasteiger partial charge in [-0.3, -0.25) is 0 Å². The van der Waals surface area contributed by atoms with E-state index in [0.717, 1.165) is 18.4 Å². The molecule has 0 N–H and O–H groups in total. The molecule has 0 heterocycles. The van der Waals surface area contributed by atoms with E-state index in [0.29, 0.717) is 5.04 Å². The summed E-state index contributed by atoms with van der Waals surface area (Å²) in [7, 11) is -1.47. The van der Waals surface area contributed by atoms with Crippen LogP contribution in [0.15, 0.2) is 0 Å². The van der Waals surface area contributed by atoms with Crippen LogP contribution in [0.2, 0.25) is 18.1 Å². The molecule has 0 aliphatic heterocycles. The van der Waals surface area contributed by atoms with Crippen LogP contribution in [0.4, 0.5) is 0 Å². The summed E-state index contributed by atoms with van der Waals surface area (Å²) in [6.45, 7) is 15.0. The molecular formula is C12H26OSi. The molecule has 1 saturated carbocycles. The minimum absolute atomic E-state index is 0.363. The summed E-state index contributed by atoms with van der Waals surface area (Å²) in [5.74, 6) is 1.81. The Morgan fingerprint density at radius 3 is 2.07 bits per heavy atom. The van der Waals surface area contributed by atoms with Crippen molar-refractivity contribution in [1.29, 1.82) is 0 Å². The minimum Gasteiger partial charge on any atom is -0.417 e. The first-order chi connectivity index (χ1) is 6.22. The highest BCUT2D eigenvalue weighted by Crippen LogP contribution is 2.39. The molecule has 0 saturated heterocycles. The van der Waals surface area contributed by atoms with E-state index in [4.69, 9.17) is 4.43 Å². The topological polar surface area (TPSA) is 9.23 Å². The minimum atomic E-state index is -1.47. The largest absolute Gasteiger partial charge is 0.417 e. The van der Waals surface area contributed by atoms with Crippen molar-refractivity contribution in [2.45, 2.75) is 58.7 Å². The molecule has 0 radical (unpaired) electrons. The van der Waals surface area contributed by atoms with Gasteiger partial charge in [0.1, 0.15) is 0 Å². The fourth-order valence-electron chi connectivity index (χ4n) is 1.75. The van der Waals surface area contributed by atoms with Crippen molar-refractivity contribution in [2.75, 3.05) is 6.61 Å². The van der Waals surface area contributed by atoms with Gasteiger partial charge < -0.3 is 4.43 Å². The first-order valence-electron chi connectivity index (χ1n) is 5.86. The van der Waals surface area contributed by atoms with Crippen LogP contribution >= 0.6 is 0 Å². The highest BCUT2D eigenvalue weighted by Gasteiger charge is 2.38. The lowest BCUT2D eigenvalue weighted by atomic mass is 9.77. The van der Waals surface area contributed by atoms with E-state index in [1.807, 2.05) is 0 Å². The maximum Gasteiger partial charge on any atom is 0.191 e. The molecule has 0 amide bonds. The first kappa shape index (κ1) is 12.2. The fraction of sp³-hybridized carbons (Fsp3) is 1.00. The zero-order chi connectivity index (χ0) is 11.0. The Balaban J connectivity index is 2.30. The molecule has 0 spiro atoms. The van der Waals surface area contributed by atoms with E-state index in [-0.39, 0.29) is 0 Å². The summed E-state index contributed by atoms with van der Waals surface area (Å²) < 4.78 is 6.19. The first-order valence-corrected chi connectivity index (χ1v) is 8.77. The molecule has 0 aromatic heterocycles. The van der Waals surface area contributed by atoms with Crippen LogP contribution in [-0.4, -0.2) is 14.9 Å². The third-order valence-electron chi connectivity index (χ3n) is 3.96. The fourth-order valence-corrected chi connectivity index (χ4v) is 2.83. The van der Waals surface area contributed by atoms with Crippen LogP contribution in [0.25, 0.3) is 0 Å². The van der Waals surface area contributed by atoms with E-state index in [9.17, 15) is 0 Å². The summed E-state index contributed by atoms with van der Waals surface area (Å²) in [5.41, 5.74) is 0. The molecule has 1 aliphatic rings. The van der Waals surface area contributed by atoms with Crippen molar-refractivity contribution in [3.63, 3.8) is 0 Å². The second kappa shape index (κ2) is 3.97. The van der Waals surface area contributed by atoms with Crippen molar-refractivity contribution in [2.24, 2.45) is 11.8 Å². The van der Waals surface area contributed by atoms with Crippen LogP contribution in [0.1, 0.15) is 40.5 Å². The maximum atomic E-state index is 6.19. The van der Waals surface area contributed by atoms with Gasteiger partial charge in [-0.05, 0) is 42.8 Å². The van der Waals surface area contributed by atoms with Gasteiger partial charge in [0.2, 0.25) is 0 Å². The predicted octanol–water partition coefficient (Wildman–Crippen LogP) is 4.05. The Bertz CT molecular complexity index is 187. The van der Waals surface area contributed by atoms with Crippen LogP contribution in [-0.2, 0) is 4.43 Å². The molecule has 0 aromatic carbocycles. The summed E-state index contributed by atoms with van der Waals surface area (Å²) in [6.07, 6.45) is 2.77. The molecule has 1 rings (SSSR count). The van der Waals surface area contributed by atoms with Crippen LogP contribution in [0, 0.1) is 11.8 Å². The molecule has 2 heteroatoms. The molecule has 84 valence electrons. The van der Waals surface area contributed by atoms with E-state index >= 15 is 0 Å². The lowest BCUT2D eigenvalue weighted by Gasteiger charge is -2.40. The molecule has 0 aromatic rings. The summed E-state index contributed by atoms with van der Waals surface area (Å²) in [6, 6.07) is 0. The average molecular weight is 214 g/mol. The Labute approximate surface area is 90.4 Å². The summed E-state index contributed by atoms with van der Waals surface area (Å²) in [5, 5.41) is 0.363. The Morgan fingerprint density at radius 1 is 1.21 bits per heavy atom. The number of hydrogen-bond donors (Lipinski definition) is 0. The molecule has 1 aliphatic carbocycles. The van der Waals surface area contributed by atoms with Crippen LogP contribution in [0.5, 0.6) is 0 Å². The standard InChI is InChI=1S/C12H26OSi/c1-10-7-11(8-10)9-13-14(5,6)12(2,3)4/h10-11H,7-9H2,1-6H3. The molecular weight excluding hydrogens is 188 g/mol. The van der Waals surface area contributed by atoms with Gasteiger partial charge in [0, 0.05) is 6.61 Å². The third kappa shape index (κ3) is 2.83. The van der Waals surface area contributed by atoms with Crippen molar-refractivity contribution >= 4 is 8.32 Å². The van der Waals surface area contributed by atoms with E-state index in [1.54, 1.807) is 0 Å². The Kier molecular flexibility index (Phi) is 3.48. The van der Waals surface area contributed by atoms with Gasteiger partial charge >= 0.3 is 0 Å². The van der Waals surface area contributed by atoms with Gasteiger partial charge in [-0.2, -0.15) is 0 Å². The molecule has 0 atom stereocenters. The van der Waals surface area contributed by atoms with E-state index < -0.39 is 8.32 Å². The van der Waals surface area contributed by atoms with Gasteiger partial charge in [0.15, 0.2) is 8.32 Å². The van der Waals surface area contributed by atoms with E-state index in [1.165, 1.54) is 12.8 Å². The van der Waals surface area contributed by atoms with Gasteiger partial charge in [-0.25, -0.2) is 0 Å². The SMILES string of the molecule is CC1CC(CO[Si](C)(C)C(C)(C)C)C1. The monoisotopic (exact) mass is 214 g/mol. The normalized spacial score (nSPS) is 28.7. The van der Waals surface area contributed by atoms with Gasteiger partial charge in [-0.15, -0.1) is 0 Å². The van der Waals surface area contributed by atoms with Gasteiger partial charge in [-0.1, -0.05) is 27.7 Å². The lowest BCUT2D eigenvalue weighted by molar-refractivity contribution is 0.122. The highest BCUT2D eigenvalue weighted by atomic mass is 28.4. The maximum absolute atomic E-state index is 6.19. The smallest absolute Gasteiger partial charge is 0.191 e. The molecule has 1 fully saturated rings. The summed E-state index contributed by atoms with van der Waals surface area (Å²) >= 11 is 0. The van der Waals surface area contributed by atoms with Crippen molar-refractivity contribution in [3.05, 3.63) is 0 Å². The van der Waals surface area contributed by atoms with Crippen LogP contribution < -0.4 is 0 Å². The van der Waals surface area contributed by atoms with Crippen molar-refractivity contribution in [1.82, 2.24) is 0 Å². The quantitative estimate of drug-likeness (QED) is 0.644. The van der Waals surface area contributed by atoms with Gasteiger partial charge in [0.05, 0.1) is 0 Å². The molecule has 0 bridgehead atoms. The third-order valence-corrected chi connectivity index (χ3v) is 8.46. The number of hydrogen-bond acceptors (Lipinski definition) is 1. The van der Waals surface area contributed by atoms with Crippen LogP contribution in [0.3, 0.4) is 0 Å². The predicted molar refractivity (Wildman–Crippen MR) is 65.0 cm³/mol. The number of rotatable bonds is 3. The Morgan fingerprint density at radius 2 is 1.71 bits per heavy atom. The lowest BCUT2D eigenvalue weighted by Crippen LogP contribution is -2.43. The zero-order valence-corrected chi connectivity index (χ0v) is 11.7.